The summed E-state index contributed by atoms with van der Waals surface area (Å²) in [4.78, 5) is 13.3. The third-order valence-electron chi connectivity index (χ3n) is 4.79. The van der Waals surface area contributed by atoms with Gasteiger partial charge >= 0.3 is 0 Å². The van der Waals surface area contributed by atoms with Gasteiger partial charge in [-0.3, -0.25) is 4.79 Å². The highest BCUT2D eigenvalue weighted by Gasteiger charge is 2.26. The highest BCUT2D eigenvalue weighted by atomic mass is 32.2. The van der Waals surface area contributed by atoms with Gasteiger partial charge in [-0.15, -0.1) is 10.2 Å². The Balaban J connectivity index is 1.64. The molecule has 1 N–H and O–H groups in total. The largest absolute Gasteiger partial charge is 0.461 e. The van der Waals surface area contributed by atoms with Gasteiger partial charge in [-0.1, -0.05) is 54.2 Å². The molecule has 2 aromatic carbocycles. The molecule has 7 heteroatoms. The Kier molecular flexibility index (Phi) is 5.72. The van der Waals surface area contributed by atoms with Crippen LogP contribution in [0.5, 0.6) is 0 Å². The van der Waals surface area contributed by atoms with E-state index in [-0.39, 0.29) is 5.91 Å². The molecule has 2 heterocycles. The van der Waals surface area contributed by atoms with Crippen LogP contribution in [-0.2, 0) is 11.8 Å². The minimum Gasteiger partial charge on any atom is -0.461 e. The topological polar surface area (TPSA) is 73.0 Å². The number of carbonyl (C=O) groups is 1. The molecule has 0 aliphatic heterocycles. The summed E-state index contributed by atoms with van der Waals surface area (Å²) in [6.07, 6.45) is 1.60. The third kappa shape index (κ3) is 4.16. The van der Waals surface area contributed by atoms with Crippen molar-refractivity contribution in [3.63, 3.8) is 0 Å². The van der Waals surface area contributed by atoms with Crippen molar-refractivity contribution >= 4 is 23.4 Å². The third-order valence-corrected chi connectivity index (χ3v) is 6.08. The Morgan fingerprint density at radius 1 is 1.07 bits per heavy atom. The lowest BCUT2D eigenvalue weighted by molar-refractivity contribution is -0.115. The van der Waals surface area contributed by atoms with Crippen molar-refractivity contribution in [2.45, 2.75) is 24.3 Å². The van der Waals surface area contributed by atoms with E-state index in [9.17, 15) is 4.79 Å². The molecule has 1 amide bonds. The Hall–Kier alpha value is -3.32. The Morgan fingerprint density at radius 2 is 1.87 bits per heavy atom. The molecule has 0 radical (unpaired) electrons. The number of furan rings is 1. The second-order valence-electron chi connectivity index (χ2n) is 7.06. The van der Waals surface area contributed by atoms with Crippen LogP contribution in [0.15, 0.2) is 76.5 Å². The molecule has 30 heavy (non-hydrogen) atoms. The molecule has 0 aliphatic carbocycles. The van der Waals surface area contributed by atoms with Crippen LogP contribution in [0.1, 0.15) is 21.9 Å². The second-order valence-corrected chi connectivity index (χ2v) is 8.13. The van der Waals surface area contributed by atoms with Crippen LogP contribution in [0.3, 0.4) is 0 Å². The zero-order valence-corrected chi connectivity index (χ0v) is 17.8. The fourth-order valence-electron chi connectivity index (χ4n) is 3.11. The van der Waals surface area contributed by atoms with Gasteiger partial charge in [0.15, 0.2) is 16.7 Å². The molecule has 152 valence electrons. The molecule has 0 bridgehead atoms. The number of nitrogens with one attached hydrogen (secondary N) is 1. The number of thioether (sulfide) groups is 1. The smallest absolute Gasteiger partial charge is 0.242 e. The molecule has 4 aromatic rings. The first-order valence-corrected chi connectivity index (χ1v) is 10.4. The van der Waals surface area contributed by atoms with Crippen LogP contribution in [-0.4, -0.2) is 20.7 Å². The van der Waals surface area contributed by atoms with E-state index in [0.29, 0.717) is 16.7 Å². The van der Waals surface area contributed by atoms with Crippen molar-refractivity contribution in [2.24, 2.45) is 7.05 Å². The normalized spacial score (nSPS) is 12.0. The molecule has 0 aliphatic rings. The molecule has 0 saturated carbocycles. The van der Waals surface area contributed by atoms with Gasteiger partial charge in [-0.2, -0.15) is 0 Å². The van der Waals surface area contributed by atoms with Gasteiger partial charge in [0.2, 0.25) is 5.91 Å². The number of anilines is 1. The number of aryl methyl sites for hydroxylation is 2. The Bertz CT molecular complexity index is 1150. The second kappa shape index (κ2) is 8.59. The van der Waals surface area contributed by atoms with Gasteiger partial charge in [0.25, 0.3) is 0 Å². The molecule has 6 nitrogen and oxygen atoms in total. The van der Waals surface area contributed by atoms with Gasteiger partial charge in [-0.25, -0.2) is 0 Å². The van der Waals surface area contributed by atoms with E-state index in [2.05, 4.69) is 15.5 Å². The minimum absolute atomic E-state index is 0.109. The zero-order valence-electron chi connectivity index (χ0n) is 17.0. The van der Waals surface area contributed by atoms with E-state index in [1.807, 2.05) is 80.1 Å². The maximum atomic E-state index is 13.3. The quantitative estimate of drug-likeness (QED) is 0.438. The van der Waals surface area contributed by atoms with Crippen molar-refractivity contribution in [3.05, 3.63) is 83.6 Å². The SMILES string of the molecule is Cc1ccc(C)c(NC(=O)C(Sc2nnc(-c3ccco3)n2C)c2ccccc2)c1. The molecule has 1 unspecified atom stereocenters. The number of benzene rings is 2. The Labute approximate surface area is 179 Å². The maximum Gasteiger partial charge on any atom is 0.242 e. The van der Waals surface area contributed by atoms with E-state index in [1.165, 1.54) is 11.8 Å². The minimum atomic E-state index is -0.488. The lowest BCUT2D eigenvalue weighted by Crippen LogP contribution is -2.20. The van der Waals surface area contributed by atoms with Crippen LogP contribution in [0.2, 0.25) is 0 Å². The van der Waals surface area contributed by atoms with E-state index >= 15 is 0 Å². The first-order chi connectivity index (χ1) is 14.5. The molecular weight excluding hydrogens is 396 g/mol. The first kappa shape index (κ1) is 20.0. The summed E-state index contributed by atoms with van der Waals surface area (Å²) < 4.78 is 7.28. The number of hydrogen-bond acceptors (Lipinski definition) is 5. The van der Waals surface area contributed by atoms with Crippen LogP contribution in [0.25, 0.3) is 11.6 Å². The van der Waals surface area contributed by atoms with Crippen LogP contribution in [0.4, 0.5) is 5.69 Å². The van der Waals surface area contributed by atoms with Gasteiger partial charge in [0.1, 0.15) is 5.25 Å². The van der Waals surface area contributed by atoms with Crippen molar-refractivity contribution in [1.29, 1.82) is 0 Å². The highest BCUT2D eigenvalue weighted by molar-refractivity contribution is 8.00. The van der Waals surface area contributed by atoms with Gasteiger partial charge in [0, 0.05) is 12.7 Å². The van der Waals surface area contributed by atoms with Crippen molar-refractivity contribution in [1.82, 2.24) is 14.8 Å². The first-order valence-electron chi connectivity index (χ1n) is 9.56. The van der Waals surface area contributed by atoms with Crippen LogP contribution in [0, 0.1) is 13.8 Å². The van der Waals surface area contributed by atoms with Crippen LogP contribution >= 0.6 is 11.8 Å². The molecule has 1 atom stereocenters. The standard InChI is InChI=1S/C23H22N4O2S/c1-15-11-12-16(2)18(14-15)24-22(28)20(17-8-5-4-6-9-17)30-23-26-25-21(27(23)3)19-10-7-13-29-19/h4-14,20H,1-3H3,(H,24,28). The monoisotopic (exact) mass is 418 g/mol. The lowest BCUT2D eigenvalue weighted by Gasteiger charge is -2.18. The predicted octanol–water partition coefficient (Wildman–Crippen LogP) is 5.16. The van der Waals surface area contributed by atoms with Crippen molar-refractivity contribution < 1.29 is 9.21 Å². The van der Waals surface area contributed by atoms with Crippen molar-refractivity contribution in [2.75, 3.05) is 5.32 Å². The molecule has 2 aromatic heterocycles. The lowest BCUT2D eigenvalue weighted by atomic mass is 10.1. The summed E-state index contributed by atoms with van der Waals surface area (Å²) in [5.74, 6) is 1.14. The number of hydrogen-bond donors (Lipinski definition) is 1. The summed E-state index contributed by atoms with van der Waals surface area (Å²) >= 11 is 1.36. The predicted molar refractivity (Wildman–Crippen MR) is 118 cm³/mol. The van der Waals surface area contributed by atoms with E-state index in [4.69, 9.17) is 4.42 Å². The number of nitrogens with zero attached hydrogens (tertiary/aromatic N) is 3. The fraction of sp³-hybridized carbons (Fsp3) is 0.174. The molecule has 0 fully saturated rings. The summed E-state index contributed by atoms with van der Waals surface area (Å²) in [6.45, 7) is 3.99. The molecule has 4 rings (SSSR count). The molecule has 0 saturated heterocycles. The average Bonchev–Trinajstić information content (AvgIpc) is 3.39. The Morgan fingerprint density at radius 3 is 2.60 bits per heavy atom. The number of aromatic nitrogens is 3. The maximum absolute atomic E-state index is 13.3. The summed E-state index contributed by atoms with van der Waals surface area (Å²) in [7, 11) is 1.87. The average molecular weight is 419 g/mol. The van der Waals surface area contributed by atoms with E-state index < -0.39 is 5.25 Å². The van der Waals surface area contributed by atoms with Crippen molar-refractivity contribution in [3.8, 4) is 11.6 Å². The summed E-state index contributed by atoms with van der Waals surface area (Å²) in [6, 6.07) is 19.4. The number of amides is 1. The number of carbonyl (C=O) groups excluding carboxylic acids is 1. The van der Waals surface area contributed by atoms with Gasteiger partial charge < -0.3 is 14.3 Å². The summed E-state index contributed by atoms with van der Waals surface area (Å²) in [5.41, 5.74) is 3.82. The zero-order chi connectivity index (χ0) is 21.1. The fourth-order valence-corrected chi connectivity index (χ4v) is 4.12. The van der Waals surface area contributed by atoms with Crippen LogP contribution < -0.4 is 5.32 Å². The molecular formula is C23H22N4O2S. The number of rotatable bonds is 6. The molecule has 0 spiro atoms. The highest BCUT2D eigenvalue weighted by Crippen LogP contribution is 2.36. The summed E-state index contributed by atoms with van der Waals surface area (Å²) in [5, 5.41) is 11.8. The van der Waals surface area contributed by atoms with Gasteiger partial charge in [0.05, 0.1) is 6.26 Å². The van der Waals surface area contributed by atoms with E-state index in [0.717, 1.165) is 22.4 Å². The van der Waals surface area contributed by atoms with E-state index in [1.54, 1.807) is 12.3 Å². The van der Waals surface area contributed by atoms with Gasteiger partial charge in [-0.05, 0) is 48.7 Å².